The molecule has 0 spiro atoms. The number of rotatable bonds is 3. The summed E-state index contributed by atoms with van der Waals surface area (Å²) in [5.41, 5.74) is 6.96. The Bertz CT molecular complexity index is 391. The SMILES string of the molecule is CSC1CCC(NC(=O)c2ccc(N)cc2)C1. The van der Waals surface area contributed by atoms with E-state index in [2.05, 4.69) is 11.6 Å². The van der Waals surface area contributed by atoms with E-state index in [9.17, 15) is 4.79 Å². The van der Waals surface area contributed by atoms with Gasteiger partial charge in [-0.2, -0.15) is 11.8 Å². The van der Waals surface area contributed by atoms with E-state index in [1.165, 1.54) is 6.42 Å². The second-order valence-electron chi connectivity index (χ2n) is 4.46. The van der Waals surface area contributed by atoms with Crippen molar-refractivity contribution in [2.24, 2.45) is 0 Å². The molecule has 2 rings (SSSR count). The van der Waals surface area contributed by atoms with Crippen LogP contribution in [-0.2, 0) is 0 Å². The van der Waals surface area contributed by atoms with Crippen LogP contribution in [0.25, 0.3) is 0 Å². The molecule has 0 aromatic heterocycles. The molecule has 1 saturated carbocycles. The third kappa shape index (κ3) is 3.16. The van der Waals surface area contributed by atoms with Crippen molar-refractivity contribution in [2.75, 3.05) is 12.0 Å². The van der Waals surface area contributed by atoms with Gasteiger partial charge in [0.2, 0.25) is 0 Å². The topological polar surface area (TPSA) is 55.1 Å². The number of thioether (sulfide) groups is 1. The summed E-state index contributed by atoms with van der Waals surface area (Å²) in [5.74, 6) is 0.0109. The number of hydrogen-bond donors (Lipinski definition) is 2. The highest BCUT2D eigenvalue weighted by Gasteiger charge is 2.25. The Morgan fingerprint density at radius 1 is 1.35 bits per heavy atom. The summed E-state index contributed by atoms with van der Waals surface area (Å²) in [6.45, 7) is 0. The van der Waals surface area contributed by atoms with Crippen LogP contribution in [0.4, 0.5) is 5.69 Å². The molecular weight excluding hydrogens is 232 g/mol. The number of benzene rings is 1. The number of nitrogens with two attached hydrogens (primary N) is 1. The first-order valence-corrected chi connectivity index (χ1v) is 7.17. The highest BCUT2D eigenvalue weighted by molar-refractivity contribution is 7.99. The van der Waals surface area contributed by atoms with Gasteiger partial charge < -0.3 is 11.1 Å². The van der Waals surface area contributed by atoms with Gasteiger partial charge in [0.1, 0.15) is 0 Å². The Labute approximate surface area is 106 Å². The van der Waals surface area contributed by atoms with Gasteiger partial charge in [-0.25, -0.2) is 0 Å². The van der Waals surface area contributed by atoms with Crippen LogP contribution < -0.4 is 11.1 Å². The van der Waals surface area contributed by atoms with Gasteiger partial charge in [-0.15, -0.1) is 0 Å². The van der Waals surface area contributed by atoms with E-state index in [-0.39, 0.29) is 5.91 Å². The monoisotopic (exact) mass is 250 g/mol. The summed E-state index contributed by atoms with van der Waals surface area (Å²) in [5, 5.41) is 3.79. The number of carbonyl (C=O) groups excluding carboxylic acids is 1. The fourth-order valence-electron chi connectivity index (χ4n) is 2.19. The lowest BCUT2D eigenvalue weighted by atomic mass is 10.1. The van der Waals surface area contributed by atoms with E-state index in [0.29, 0.717) is 22.5 Å². The fourth-order valence-corrected chi connectivity index (χ4v) is 2.99. The molecule has 0 radical (unpaired) electrons. The average molecular weight is 250 g/mol. The van der Waals surface area contributed by atoms with Crippen LogP contribution >= 0.6 is 11.8 Å². The summed E-state index contributed by atoms with van der Waals surface area (Å²) in [7, 11) is 0. The number of nitrogen functional groups attached to an aromatic ring is 1. The molecule has 1 aliphatic carbocycles. The van der Waals surface area contributed by atoms with Crippen LogP contribution in [-0.4, -0.2) is 23.5 Å². The molecule has 92 valence electrons. The molecule has 1 fully saturated rings. The molecule has 0 aliphatic heterocycles. The van der Waals surface area contributed by atoms with Crippen molar-refractivity contribution in [3.63, 3.8) is 0 Å². The second-order valence-corrected chi connectivity index (χ2v) is 5.60. The molecule has 1 aromatic carbocycles. The van der Waals surface area contributed by atoms with Gasteiger partial charge in [-0.05, 0) is 49.8 Å². The molecule has 0 saturated heterocycles. The quantitative estimate of drug-likeness (QED) is 0.809. The van der Waals surface area contributed by atoms with Gasteiger partial charge in [0.05, 0.1) is 0 Å². The molecule has 0 heterocycles. The highest BCUT2D eigenvalue weighted by atomic mass is 32.2. The number of carbonyl (C=O) groups is 1. The molecule has 1 aliphatic rings. The van der Waals surface area contributed by atoms with Gasteiger partial charge in [-0.1, -0.05) is 0 Å². The maximum absolute atomic E-state index is 11.9. The third-order valence-electron chi connectivity index (χ3n) is 3.23. The highest BCUT2D eigenvalue weighted by Crippen LogP contribution is 2.28. The van der Waals surface area contributed by atoms with E-state index in [0.717, 1.165) is 12.8 Å². The number of anilines is 1. The molecule has 17 heavy (non-hydrogen) atoms. The smallest absolute Gasteiger partial charge is 0.251 e. The average Bonchev–Trinajstić information content (AvgIpc) is 2.77. The number of hydrogen-bond acceptors (Lipinski definition) is 3. The first kappa shape index (κ1) is 12.3. The van der Waals surface area contributed by atoms with Crippen LogP contribution in [0.2, 0.25) is 0 Å². The normalized spacial score (nSPS) is 23.6. The van der Waals surface area contributed by atoms with Gasteiger partial charge in [0.25, 0.3) is 5.91 Å². The summed E-state index contributed by atoms with van der Waals surface area (Å²) >= 11 is 1.89. The van der Waals surface area contributed by atoms with Crippen LogP contribution in [0.15, 0.2) is 24.3 Å². The first-order chi connectivity index (χ1) is 8.19. The minimum atomic E-state index is 0.0109. The van der Waals surface area contributed by atoms with E-state index in [1.54, 1.807) is 24.3 Å². The van der Waals surface area contributed by atoms with Crippen LogP contribution in [0.5, 0.6) is 0 Å². The second kappa shape index (κ2) is 5.45. The molecule has 3 N–H and O–H groups in total. The van der Waals surface area contributed by atoms with E-state index < -0.39 is 0 Å². The largest absolute Gasteiger partial charge is 0.399 e. The predicted octanol–water partition coefficient (Wildman–Crippen LogP) is 2.28. The molecule has 2 unspecified atom stereocenters. The Morgan fingerprint density at radius 2 is 2.06 bits per heavy atom. The Kier molecular flexibility index (Phi) is 3.94. The molecule has 0 bridgehead atoms. The summed E-state index contributed by atoms with van der Waals surface area (Å²) in [6.07, 6.45) is 5.51. The van der Waals surface area contributed by atoms with E-state index >= 15 is 0 Å². The van der Waals surface area contributed by atoms with Gasteiger partial charge >= 0.3 is 0 Å². The number of amides is 1. The summed E-state index contributed by atoms with van der Waals surface area (Å²) in [6, 6.07) is 7.39. The predicted molar refractivity (Wildman–Crippen MR) is 73.3 cm³/mol. The lowest BCUT2D eigenvalue weighted by molar-refractivity contribution is 0.0938. The van der Waals surface area contributed by atoms with Gasteiger partial charge in [0.15, 0.2) is 0 Å². The third-order valence-corrected chi connectivity index (χ3v) is 4.32. The van der Waals surface area contributed by atoms with Crippen LogP contribution in [0.1, 0.15) is 29.6 Å². The van der Waals surface area contributed by atoms with Crippen LogP contribution in [0, 0.1) is 0 Å². The van der Waals surface area contributed by atoms with Crippen molar-refractivity contribution >= 4 is 23.4 Å². The lowest BCUT2D eigenvalue weighted by Gasteiger charge is -2.12. The lowest BCUT2D eigenvalue weighted by Crippen LogP contribution is -2.33. The van der Waals surface area contributed by atoms with Crippen molar-refractivity contribution in [3.8, 4) is 0 Å². The molecule has 1 aromatic rings. The zero-order valence-corrected chi connectivity index (χ0v) is 10.8. The molecular formula is C13H18N2OS. The van der Waals surface area contributed by atoms with Crippen molar-refractivity contribution < 1.29 is 4.79 Å². The minimum Gasteiger partial charge on any atom is -0.399 e. The minimum absolute atomic E-state index is 0.0109. The van der Waals surface area contributed by atoms with Gasteiger partial charge in [-0.3, -0.25) is 4.79 Å². The summed E-state index contributed by atoms with van der Waals surface area (Å²) in [4.78, 5) is 11.9. The maximum Gasteiger partial charge on any atom is 0.251 e. The summed E-state index contributed by atoms with van der Waals surface area (Å²) < 4.78 is 0. The zero-order chi connectivity index (χ0) is 12.3. The van der Waals surface area contributed by atoms with Gasteiger partial charge in [0, 0.05) is 22.5 Å². The van der Waals surface area contributed by atoms with Crippen molar-refractivity contribution in [1.82, 2.24) is 5.32 Å². The molecule has 1 amide bonds. The first-order valence-electron chi connectivity index (χ1n) is 5.88. The Balaban J connectivity index is 1.91. The Hall–Kier alpha value is -1.16. The molecule has 4 heteroatoms. The van der Waals surface area contributed by atoms with Crippen molar-refractivity contribution in [1.29, 1.82) is 0 Å². The van der Waals surface area contributed by atoms with E-state index in [1.807, 2.05) is 11.8 Å². The maximum atomic E-state index is 11.9. The molecule has 2 atom stereocenters. The number of nitrogens with one attached hydrogen (secondary N) is 1. The zero-order valence-electron chi connectivity index (χ0n) is 9.98. The fraction of sp³-hybridized carbons (Fsp3) is 0.462. The van der Waals surface area contributed by atoms with Crippen LogP contribution in [0.3, 0.4) is 0 Å². The Morgan fingerprint density at radius 3 is 2.65 bits per heavy atom. The molecule has 3 nitrogen and oxygen atoms in total. The van der Waals surface area contributed by atoms with Crippen molar-refractivity contribution in [3.05, 3.63) is 29.8 Å². The van der Waals surface area contributed by atoms with Crippen molar-refractivity contribution in [2.45, 2.75) is 30.6 Å². The van der Waals surface area contributed by atoms with E-state index in [4.69, 9.17) is 5.73 Å². The standard InChI is InChI=1S/C13H18N2OS/c1-17-12-7-6-11(8-12)15-13(16)9-2-4-10(14)5-3-9/h2-5,11-12H,6-8,14H2,1H3,(H,15,16).